The molecule has 0 fully saturated rings. The maximum Gasteiger partial charge on any atom is 0.336 e. The van der Waals surface area contributed by atoms with Gasteiger partial charge in [-0.05, 0) is 47.4 Å². The van der Waals surface area contributed by atoms with Gasteiger partial charge in [0, 0.05) is 11.6 Å². The number of aromatic nitrogens is 2. The molecule has 0 N–H and O–H groups in total. The zero-order valence-corrected chi connectivity index (χ0v) is 14.0. The Morgan fingerprint density at radius 2 is 1.80 bits per heavy atom. The predicted octanol–water partition coefficient (Wildman–Crippen LogP) is 4.48. The normalized spacial score (nSPS) is 11.2. The van der Waals surface area contributed by atoms with E-state index >= 15 is 0 Å². The molecular weight excluding hydrogens is 316 g/mol. The lowest BCUT2D eigenvalue weighted by atomic mass is 10.0. The first kappa shape index (κ1) is 16.6. The van der Waals surface area contributed by atoms with Gasteiger partial charge in [-0.15, -0.1) is 10.2 Å². The van der Waals surface area contributed by atoms with Gasteiger partial charge in [-0.3, -0.25) is 0 Å². The molecule has 0 saturated heterocycles. The Hall–Kier alpha value is -3.21. The van der Waals surface area contributed by atoms with E-state index in [-0.39, 0.29) is 0 Å². The summed E-state index contributed by atoms with van der Waals surface area (Å²) >= 11 is 0. The lowest BCUT2D eigenvalue weighted by molar-refractivity contribution is -0.128. The number of hydrogen-bond donors (Lipinski definition) is 0. The number of benzene rings is 2. The number of hydrogen-bond acceptors (Lipinski definition) is 5. The summed E-state index contributed by atoms with van der Waals surface area (Å²) in [6, 6.07) is 15.0. The lowest BCUT2D eigenvalue weighted by Crippen LogP contribution is -2.03. The molecule has 0 unspecified atom stereocenters. The van der Waals surface area contributed by atoms with Crippen LogP contribution in [-0.4, -0.2) is 16.2 Å². The van der Waals surface area contributed by atoms with Gasteiger partial charge in [0.2, 0.25) is 12.3 Å². The first-order valence-corrected chi connectivity index (χ1v) is 7.98. The second kappa shape index (κ2) is 7.57. The third-order valence-electron chi connectivity index (χ3n) is 3.69. The van der Waals surface area contributed by atoms with Crippen LogP contribution in [-0.2, 0) is 4.79 Å². The highest BCUT2D eigenvalue weighted by molar-refractivity contribution is 5.88. The average molecular weight is 334 g/mol. The monoisotopic (exact) mass is 334 g/mol. The van der Waals surface area contributed by atoms with Crippen LogP contribution in [0.4, 0.5) is 0 Å². The first-order valence-electron chi connectivity index (χ1n) is 7.98. The Labute approximate surface area is 146 Å². The van der Waals surface area contributed by atoms with Gasteiger partial charge < -0.3 is 9.15 Å². The van der Waals surface area contributed by atoms with E-state index in [2.05, 4.69) is 36.2 Å². The van der Waals surface area contributed by atoms with E-state index in [1.54, 1.807) is 30.3 Å². The standard InChI is InChI=1S/C20H18N2O3/c1-14(2)16-6-3-15(4-7-16)5-12-19(23)25-18-10-8-17(9-11-18)20-22-21-13-24-20/h3-14H,1-2H3/b12-5+. The molecule has 0 spiro atoms. The number of esters is 1. The summed E-state index contributed by atoms with van der Waals surface area (Å²) in [6.07, 6.45) is 4.41. The van der Waals surface area contributed by atoms with Crippen molar-refractivity contribution in [1.29, 1.82) is 0 Å². The molecule has 0 amide bonds. The van der Waals surface area contributed by atoms with Gasteiger partial charge in [0.1, 0.15) is 5.75 Å². The summed E-state index contributed by atoms with van der Waals surface area (Å²) in [7, 11) is 0. The maximum atomic E-state index is 11.9. The van der Waals surface area contributed by atoms with Crippen LogP contribution in [0.3, 0.4) is 0 Å². The third-order valence-corrected chi connectivity index (χ3v) is 3.69. The fraction of sp³-hybridized carbons (Fsp3) is 0.150. The van der Waals surface area contributed by atoms with Crippen LogP contribution in [0.25, 0.3) is 17.5 Å². The molecule has 0 saturated carbocycles. The summed E-state index contributed by atoms with van der Waals surface area (Å²) in [6.45, 7) is 4.29. The molecule has 126 valence electrons. The molecule has 0 radical (unpaired) electrons. The summed E-state index contributed by atoms with van der Waals surface area (Å²) in [4.78, 5) is 11.9. The summed E-state index contributed by atoms with van der Waals surface area (Å²) in [5.41, 5.74) is 2.98. The fourth-order valence-corrected chi connectivity index (χ4v) is 2.27. The predicted molar refractivity (Wildman–Crippen MR) is 94.9 cm³/mol. The van der Waals surface area contributed by atoms with Gasteiger partial charge in [-0.1, -0.05) is 38.1 Å². The molecule has 25 heavy (non-hydrogen) atoms. The average Bonchev–Trinajstić information content (AvgIpc) is 3.15. The molecule has 1 heterocycles. The molecule has 0 aliphatic heterocycles. The highest BCUT2D eigenvalue weighted by Gasteiger charge is 2.05. The minimum atomic E-state index is -0.432. The fourth-order valence-electron chi connectivity index (χ4n) is 2.27. The molecule has 5 heteroatoms. The number of carbonyl (C=O) groups is 1. The van der Waals surface area contributed by atoms with Crippen molar-refractivity contribution >= 4 is 12.0 Å². The van der Waals surface area contributed by atoms with Crippen molar-refractivity contribution in [3.05, 3.63) is 72.1 Å². The van der Waals surface area contributed by atoms with E-state index in [9.17, 15) is 4.79 Å². The van der Waals surface area contributed by atoms with Gasteiger partial charge >= 0.3 is 5.97 Å². The molecule has 1 aromatic heterocycles. The third kappa shape index (κ3) is 4.41. The largest absolute Gasteiger partial charge is 0.423 e. The topological polar surface area (TPSA) is 65.2 Å². The summed E-state index contributed by atoms with van der Waals surface area (Å²) in [5, 5.41) is 7.45. The highest BCUT2D eigenvalue weighted by Crippen LogP contribution is 2.20. The lowest BCUT2D eigenvalue weighted by Gasteiger charge is -2.04. The van der Waals surface area contributed by atoms with Gasteiger partial charge in [0.25, 0.3) is 0 Å². The molecule has 0 atom stereocenters. The molecular formula is C20H18N2O3. The van der Waals surface area contributed by atoms with Gasteiger partial charge in [0.05, 0.1) is 0 Å². The number of ether oxygens (including phenoxy) is 1. The molecule has 5 nitrogen and oxygen atoms in total. The van der Waals surface area contributed by atoms with E-state index in [0.29, 0.717) is 17.6 Å². The number of nitrogens with zero attached hydrogens (tertiary/aromatic N) is 2. The Balaban J connectivity index is 1.60. The van der Waals surface area contributed by atoms with Crippen LogP contribution < -0.4 is 4.74 Å². The summed E-state index contributed by atoms with van der Waals surface area (Å²) in [5.74, 6) is 0.923. The van der Waals surface area contributed by atoms with E-state index in [0.717, 1.165) is 11.1 Å². The van der Waals surface area contributed by atoms with E-state index in [1.165, 1.54) is 18.0 Å². The van der Waals surface area contributed by atoms with Crippen LogP contribution in [0.5, 0.6) is 5.75 Å². The van der Waals surface area contributed by atoms with Crippen molar-refractivity contribution in [2.45, 2.75) is 19.8 Å². The molecule has 2 aromatic carbocycles. The van der Waals surface area contributed by atoms with Crippen LogP contribution in [0.15, 0.2) is 65.4 Å². The maximum absolute atomic E-state index is 11.9. The minimum Gasteiger partial charge on any atom is -0.423 e. The van der Waals surface area contributed by atoms with Crippen LogP contribution in [0.1, 0.15) is 30.9 Å². The first-order chi connectivity index (χ1) is 12.1. The van der Waals surface area contributed by atoms with Crippen molar-refractivity contribution in [3.63, 3.8) is 0 Å². The Morgan fingerprint density at radius 3 is 2.40 bits per heavy atom. The van der Waals surface area contributed by atoms with Gasteiger partial charge in [-0.2, -0.15) is 0 Å². The second-order valence-electron chi connectivity index (χ2n) is 5.84. The van der Waals surface area contributed by atoms with Crippen molar-refractivity contribution in [3.8, 4) is 17.2 Å². The molecule has 0 aliphatic carbocycles. The van der Waals surface area contributed by atoms with Crippen molar-refractivity contribution < 1.29 is 13.9 Å². The molecule has 3 aromatic rings. The van der Waals surface area contributed by atoms with Gasteiger partial charge in [0.15, 0.2) is 0 Å². The molecule has 0 bridgehead atoms. The van der Waals surface area contributed by atoms with E-state index < -0.39 is 5.97 Å². The zero-order chi connectivity index (χ0) is 17.6. The van der Waals surface area contributed by atoms with Crippen LogP contribution >= 0.6 is 0 Å². The van der Waals surface area contributed by atoms with Crippen LogP contribution in [0, 0.1) is 0 Å². The van der Waals surface area contributed by atoms with Crippen molar-refractivity contribution in [1.82, 2.24) is 10.2 Å². The SMILES string of the molecule is CC(C)c1ccc(/C=C/C(=O)Oc2ccc(-c3nnco3)cc2)cc1. The van der Waals surface area contributed by atoms with Crippen molar-refractivity contribution in [2.75, 3.05) is 0 Å². The van der Waals surface area contributed by atoms with E-state index in [4.69, 9.17) is 9.15 Å². The Bertz CT molecular complexity index is 849. The van der Waals surface area contributed by atoms with E-state index in [1.807, 2.05) is 12.1 Å². The van der Waals surface area contributed by atoms with Gasteiger partial charge in [-0.25, -0.2) is 4.79 Å². The number of rotatable bonds is 5. The zero-order valence-electron chi connectivity index (χ0n) is 14.0. The highest BCUT2D eigenvalue weighted by atomic mass is 16.5. The smallest absolute Gasteiger partial charge is 0.336 e. The Morgan fingerprint density at radius 1 is 1.08 bits per heavy atom. The minimum absolute atomic E-state index is 0.419. The Kier molecular flexibility index (Phi) is 5.04. The second-order valence-corrected chi connectivity index (χ2v) is 5.84. The molecule has 0 aliphatic rings. The molecule has 3 rings (SSSR count). The number of carbonyl (C=O) groups excluding carboxylic acids is 1. The quantitative estimate of drug-likeness (QED) is 0.391. The summed E-state index contributed by atoms with van der Waals surface area (Å²) < 4.78 is 10.4. The van der Waals surface area contributed by atoms with Crippen molar-refractivity contribution in [2.24, 2.45) is 0 Å². The van der Waals surface area contributed by atoms with Crippen LogP contribution in [0.2, 0.25) is 0 Å².